The summed E-state index contributed by atoms with van der Waals surface area (Å²) in [5.74, 6) is 1.26. The Labute approximate surface area is 188 Å². The lowest BCUT2D eigenvalue weighted by atomic mass is 10.3. The fourth-order valence-corrected chi connectivity index (χ4v) is 4.50. The smallest absolute Gasteiger partial charge is 0.260 e. The summed E-state index contributed by atoms with van der Waals surface area (Å²) in [5.41, 5.74) is 0. The Morgan fingerprint density at radius 3 is 2.41 bits per heavy atom. The van der Waals surface area contributed by atoms with Gasteiger partial charge in [0.15, 0.2) is 17.6 Å². The van der Waals surface area contributed by atoms with Gasteiger partial charge in [-0.1, -0.05) is 12.1 Å². The Hall–Kier alpha value is -2.82. The molecule has 10 heteroatoms. The number of hydrogen-bond acceptors (Lipinski definition) is 7. The third-order valence-corrected chi connectivity index (χ3v) is 6.76. The minimum Gasteiger partial charge on any atom is -0.493 e. The molecule has 174 valence electrons. The summed E-state index contributed by atoms with van der Waals surface area (Å²) in [6.45, 7) is 3.63. The molecule has 1 atom stereocenters. The zero-order valence-electron chi connectivity index (χ0n) is 18.2. The van der Waals surface area contributed by atoms with E-state index in [1.807, 2.05) is 6.07 Å². The van der Waals surface area contributed by atoms with Crippen LogP contribution in [0.4, 0.5) is 0 Å². The van der Waals surface area contributed by atoms with Crippen LogP contribution in [-0.2, 0) is 19.6 Å². The second-order valence-corrected chi connectivity index (χ2v) is 8.98. The van der Waals surface area contributed by atoms with Gasteiger partial charge < -0.3 is 24.3 Å². The van der Waals surface area contributed by atoms with Crippen molar-refractivity contribution >= 4 is 15.9 Å². The molecule has 1 unspecified atom stereocenters. The molecule has 0 saturated carbocycles. The summed E-state index contributed by atoms with van der Waals surface area (Å²) in [6, 6.07) is 13.3. The highest BCUT2D eigenvalue weighted by Crippen LogP contribution is 2.26. The summed E-state index contributed by atoms with van der Waals surface area (Å²) in [5, 5.41) is 2.74. The highest BCUT2D eigenvalue weighted by molar-refractivity contribution is 7.89. The van der Waals surface area contributed by atoms with Crippen LogP contribution in [0.25, 0.3) is 0 Å². The van der Waals surface area contributed by atoms with Crippen molar-refractivity contribution in [2.75, 3.05) is 46.6 Å². The summed E-state index contributed by atoms with van der Waals surface area (Å²) in [7, 11) is -2.00. The molecular weight excluding hydrogens is 436 g/mol. The maximum Gasteiger partial charge on any atom is 0.260 e. The second-order valence-electron chi connectivity index (χ2n) is 7.04. The SMILES string of the molecule is COc1ccccc1OC(C)C(=O)NCCOc1ccc(S(=O)(=O)N2CCOCC2)cc1. The minimum absolute atomic E-state index is 0.211. The van der Waals surface area contributed by atoms with E-state index in [0.717, 1.165) is 0 Å². The highest BCUT2D eigenvalue weighted by Gasteiger charge is 2.26. The number of carbonyl (C=O) groups is 1. The lowest BCUT2D eigenvalue weighted by Crippen LogP contribution is -2.40. The van der Waals surface area contributed by atoms with Crippen molar-refractivity contribution < 1.29 is 32.2 Å². The van der Waals surface area contributed by atoms with Crippen LogP contribution in [0.15, 0.2) is 53.4 Å². The van der Waals surface area contributed by atoms with Gasteiger partial charge in [-0.3, -0.25) is 4.79 Å². The van der Waals surface area contributed by atoms with Gasteiger partial charge in [0.05, 0.1) is 31.8 Å². The first-order valence-electron chi connectivity index (χ1n) is 10.3. The van der Waals surface area contributed by atoms with Crippen molar-refractivity contribution in [2.45, 2.75) is 17.9 Å². The molecule has 0 aromatic heterocycles. The van der Waals surface area contributed by atoms with Gasteiger partial charge in [-0.05, 0) is 43.3 Å². The van der Waals surface area contributed by atoms with E-state index in [1.165, 1.54) is 23.5 Å². The van der Waals surface area contributed by atoms with Crippen molar-refractivity contribution in [3.63, 3.8) is 0 Å². The average Bonchev–Trinajstić information content (AvgIpc) is 2.83. The van der Waals surface area contributed by atoms with Crippen LogP contribution < -0.4 is 19.5 Å². The van der Waals surface area contributed by atoms with Crippen LogP contribution in [0.3, 0.4) is 0 Å². The monoisotopic (exact) mass is 464 g/mol. The predicted molar refractivity (Wildman–Crippen MR) is 118 cm³/mol. The molecule has 0 spiro atoms. The number of rotatable bonds is 10. The second kappa shape index (κ2) is 11.2. The van der Waals surface area contributed by atoms with Gasteiger partial charge in [0.1, 0.15) is 12.4 Å². The molecule has 1 saturated heterocycles. The van der Waals surface area contributed by atoms with Crippen LogP contribution in [0.5, 0.6) is 17.2 Å². The largest absolute Gasteiger partial charge is 0.493 e. The van der Waals surface area contributed by atoms with Crippen LogP contribution in [0, 0.1) is 0 Å². The molecule has 1 amide bonds. The molecule has 0 bridgehead atoms. The van der Waals surface area contributed by atoms with Gasteiger partial charge in [-0.2, -0.15) is 4.31 Å². The zero-order valence-corrected chi connectivity index (χ0v) is 19.0. The summed E-state index contributed by atoms with van der Waals surface area (Å²) >= 11 is 0. The fourth-order valence-electron chi connectivity index (χ4n) is 3.09. The van der Waals surface area contributed by atoms with Gasteiger partial charge >= 0.3 is 0 Å². The van der Waals surface area contributed by atoms with E-state index in [9.17, 15) is 13.2 Å². The number of sulfonamides is 1. The van der Waals surface area contributed by atoms with Gasteiger partial charge in [-0.25, -0.2) is 8.42 Å². The normalized spacial score (nSPS) is 15.6. The van der Waals surface area contributed by atoms with Crippen molar-refractivity contribution in [1.82, 2.24) is 9.62 Å². The molecule has 9 nitrogen and oxygen atoms in total. The molecule has 3 rings (SSSR count). The molecule has 0 radical (unpaired) electrons. The number of ether oxygens (including phenoxy) is 4. The van der Waals surface area contributed by atoms with E-state index in [0.29, 0.717) is 43.6 Å². The summed E-state index contributed by atoms with van der Waals surface area (Å²) < 4.78 is 48.4. The fraction of sp³-hybridized carbons (Fsp3) is 0.409. The Kier molecular flexibility index (Phi) is 8.32. The van der Waals surface area contributed by atoms with E-state index < -0.39 is 16.1 Å². The van der Waals surface area contributed by atoms with E-state index in [1.54, 1.807) is 37.3 Å². The standard InChI is InChI=1S/C22H28N2O7S/c1-17(31-21-6-4-3-5-20(21)28-2)22(25)23-11-14-30-18-7-9-19(10-8-18)32(26,27)24-12-15-29-16-13-24/h3-10,17H,11-16H2,1-2H3,(H,23,25). The molecule has 1 aliphatic rings. The molecular formula is C22H28N2O7S. The Bertz CT molecular complexity index is 990. The minimum atomic E-state index is -3.54. The van der Waals surface area contributed by atoms with Crippen molar-refractivity contribution in [2.24, 2.45) is 0 Å². The van der Waals surface area contributed by atoms with Crippen LogP contribution in [0.2, 0.25) is 0 Å². The van der Waals surface area contributed by atoms with Crippen LogP contribution in [-0.4, -0.2) is 71.3 Å². The molecule has 2 aromatic carbocycles. The number of nitrogens with one attached hydrogen (secondary N) is 1. The first-order chi connectivity index (χ1) is 15.4. The maximum atomic E-state index is 12.6. The Balaban J connectivity index is 1.43. The van der Waals surface area contributed by atoms with Gasteiger partial charge in [0, 0.05) is 13.1 Å². The van der Waals surface area contributed by atoms with E-state index >= 15 is 0 Å². The van der Waals surface area contributed by atoms with E-state index in [4.69, 9.17) is 18.9 Å². The number of nitrogens with zero attached hydrogens (tertiary/aromatic N) is 1. The number of benzene rings is 2. The molecule has 1 aliphatic heterocycles. The van der Waals surface area contributed by atoms with Crippen LogP contribution >= 0.6 is 0 Å². The zero-order chi connectivity index (χ0) is 23.0. The van der Waals surface area contributed by atoms with Gasteiger partial charge in [0.2, 0.25) is 10.0 Å². The molecule has 1 N–H and O–H groups in total. The predicted octanol–water partition coefficient (Wildman–Crippen LogP) is 1.68. The molecule has 32 heavy (non-hydrogen) atoms. The van der Waals surface area contributed by atoms with Crippen molar-refractivity contribution in [1.29, 1.82) is 0 Å². The lowest BCUT2D eigenvalue weighted by Gasteiger charge is -2.26. The molecule has 1 heterocycles. The van der Waals surface area contributed by atoms with Gasteiger partial charge in [0.25, 0.3) is 5.91 Å². The highest BCUT2D eigenvalue weighted by atomic mass is 32.2. The van der Waals surface area contributed by atoms with E-state index in [2.05, 4.69) is 5.32 Å². The number of methoxy groups -OCH3 is 1. The van der Waals surface area contributed by atoms with E-state index in [-0.39, 0.29) is 24.0 Å². The van der Waals surface area contributed by atoms with Crippen molar-refractivity contribution in [3.8, 4) is 17.2 Å². The topological polar surface area (TPSA) is 103 Å². The Morgan fingerprint density at radius 1 is 1.09 bits per heavy atom. The number of amides is 1. The quantitative estimate of drug-likeness (QED) is 0.534. The number of para-hydroxylation sites is 2. The van der Waals surface area contributed by atoms with Crippen LogP contribution in [0.1, 0.15) is 6.92 Å². The first kappa shape index (κ1) is 23.8. The third-order valence-electron chi connectivity index (χ3n) is 4.84. The lowest BCUT2D eigenvalue weighted by molar-refractivity contribution is -0.127. The third kappa shape index (κ3) is 6.12. The first-order valence-corrected chi connectivity index (χ1v) is 11.7. The molecule has 2 aromatic rings. The summed E-state index contributed by atoms with van der Waals surface area (Å²) in [4.78, 5) is 12.5. The Morgan fingerprint density at radius 2 is 1.75 bits per heavy atom. The van der Waals surface area contributed by atoms with Gasteiger partial charge in [-0.15, -0.1) is 0 Å². The number of morpholine rings is 1. The van der Waals surface area contributed by atoms with Crippen molar-refractivity contribution in [3.05, 3.63) is 48.5 Å². The maximum absolute atomic E-state index is 12.6. The molecule has 1 fully saturated rings. The average molecular weight is 465 g/mol. The summed E-state index contributed by atoms with van der Waals surface area (Å²) in [6.07, 6.45) is -0.712. The number of carbonyl (C=O) groups excluding carboxylic acids is 1. The molecule has 0 aliphatic carbocycles. The number of hydrogen-bond donors (Lipinski definition) is 1.